The van der Waals surface area contributed by atoms with Gasteiger partial charge in [0.05, 0.1) is 11.6 Å². The van der Waals surface area contributed by atoms with Crippen molar-refractivity contribution in [2.45, 2.75) is 18.8 Å². The van der Waals surface area contributed by atoms with Crippen LogP contribution in [0.15, 0.2) is 48.7 Å². The number of hydrogen-bond donors (Lipinski definition) is 2. The lowest BCUT2D eigenvalue weighted by atomic mass is 10.0. The summed E-state index contributed by atoms with van der Waals surface area (Å²) in [4.78, 5) is 0. The normalized spacial score (nSPS) is 13.4. The van der Waals surface area contributed by atoms with Crippen LogP contribution in [0.4, 0.5) is 13.2 Å². The quantitative estimate of drug-likeness (QED) is 0.631. The highest BCUT2D eigenvalue weighted by Gasteiger charge is 2.44. The molecule has 3 N–H and O–H groups in total. The number of halogens is 4. The van der Waals surface area contributed by atoms with Gasteiger partial charge in [-0.1, -0.05) is 29.8 Å². The van der Waals surface area contributed by atoms with Gasteiger partial charge < -0.3 is 4.57 Å². The van der Waals surface area contributed by atoms with Crippen molar-refractivity contribution in [1.29, 1.82) is 5.26 Å². The van der Waals surface area contributed by atoms with Crippen molar-refractivity contribution in [3.8, 4) is 6.07 Å². The molecule has 0 radical (unpaired) electrons. The third kappa shape index (κ3) is 4.89. The Kier molecular flexibility index (Phi) is 5.60. The molecule has 0 spiro atoms. The van der Waals surface area contributed by atoms with E-state index in [0.717, 1.165) is 5.56 Å². The number of nitriles is 1. The van der Waals surface area contributed by atoms with E-state index in [0.29, 0.717) is 10.5 Å². The van der Waals surface area contributed by atoms with Crippen LogP contribution in [-0.4, -0.2) is 19.2 Å². The zero-order chi connectivity index (χ0) is 21.4. The molecule has 11 heteroatoms. The first-order valence-electron chi connectivity index (χ1n) is 8.12. The fraction of sp³-hybridized carbons (Fsp3) is 0.167. The number of nitrogens with zero attached hydrogens (tertiary/aromatic N) is 2. The van der Waals surface area contributed by atoms with E-state index in [4.69, 9.17) is 22.0 Å². The minimum atomic E-state index is -4.93. The maximum Gasteiger partial charge on any atom is 0.409 e. The third-order valence-electron chi connectivity index (χ3n) is 4.23. The molecule has 1 heterocycles. The maximum absolute atomic E-state index is 13.6. The fourth-order valence-corrected chi connectivity index (χ4v) is 3.72. The molecule has 0 amide bonds. The zero-order valence-corrected chi connectivity index (χ0v) is 16.2. The standard InChI is InChI=1S/C18H14ClF3N4O2S/c19-13-4-1-11(2-5-13)9-26-10-15(14-6-3-12(8-23)7-16(14)26)17(18(20,21)22)25-29(24,27)28/h1-7,10,17,25H,9H2,(H2,24,27,28). The highest BCUT2D eigenvalue weighted by Crippen LogP contribution is 2.38. The van der Waals surface area contributed by atoms with E-state index in [-0.39, 0.29) is 23.1 Å². The first kappa shape index (κ1) is 21.1. The first-order chi connectivity index (χ1) is 13.5. The SMILES string of the molecule is N#Cc1ccc2c(C(NS(N)(=O)=O)C(F)(F)F)cn(Cc3ccc(Cl)cc3)c2c1. The van der Waals surface area contributed by atoms with Crippen LogP contribution in [0.1, 0.15) is 22.7 Å². The molecular formula is C18H14ClF3N4O2S. The number of alkyl halides is 3. The minimum Gasteiger partial charge on any atom is -0.343 e. The summed E-state index contributed by atoms with van der Waals surface area (Å²) in [6.07, 6.45) is -3.73. The van der Waals surface area contributed by atoms with E-state index in [9.17, 15) is 21.6 Å². The highest BCUT2D eigenvalue weighted by atomic mass is 35.5. The van der Waals surface area contributed by atoms with Gasteiger partial charge in [0.25, 0.3) is 10.2 Å². The lowest BCUT2D eigenvalue weighted by Crippen LogP contribution is -2.41. The van der Waals surface area contributed by atoms with Crippen LogP contribution in [-0.2, 0) is 16.8 Å². The Hall–Kier alpha value is -2.58. The number of benzene rings is 2. The van der Waals surface area contributed by atoms with Crippen LogP contribution in [0, 0.1) is 11.3 Å². The van der Waals surface area contributed by atoms with Crippen LogP contribution in [0.5, 0.6) is 0 Å². The second kappa shape index (κ2) is 7.68. The largest absolute Gasteiger partial charge is 0.409 e. The Bertz CT molecular complexity index is 1200. The van der Waals surface area contributed by atoms with Gasteiger partial charge in [-0.25, -0.2) is 5.14 Å². The van der Waals surface area contributed by atoms with Gasteiger partial charge in [-0.15, -0.1) is 0 Å². The van der Waals surface area contributed by atoms with Crippen molar-refractivity contribution in [3.63, 3.8) is 0 Å². The first-order valence-corrected chi connectivity index (χ1v) is 10.0. The molecule has 29 heavy (non-hydrogen) atoms. The molecule has 2 aromatic carbocycles. The van der Waals surface area contributed by atoms with Crippen molar-refractivity contribution < 1.29 is 21.6 Å². The average Bonchev–Trinajstić information content (AvgIpc) is 2.97. The summed E-state index contributed by atoms with van der Waals surface area (Å²) < 4.78 is 66.5. The van der Waals surface area contributed by atoms with Crippen molar-refractivity contribution in [2.75, 3.05) is 0 Å². The molecule has 0 aliphatic carbocycles. The van der Waals surface area contributed by atoms with Gasteiger partial charge in [0.2, 0.25) is 0 Å². The summed E-state index contributed by atoms with van der Waals surface area (Å²) in [5.74, 6) is 0. The molecule has 0 aliphatic rings. The van der Waals surface area contributed by atoms with Crippen molar-refractivity contribution >= 4 is 32.7 Å². The predicted octanol–water partition coefficient (Wildman–Crippen LogP) is 3.61. The lowest BCUT2D eigenvalue weighted by Gasteiger charge is -2.20. The molecule has 1 aromatic heterocycles. The Labute approximate surface area is 169 Å². The summed E-state index contributed by atoms with van der Waals surface area (Å²) in [5, 5.41) is 14.6. The molecule has 3 rings (SSSR count). The Morgan fingerprint density at radius 1 is 1.21 bits per heavy atom. The summed E-state index contributed by atoms with van der Waals surface area (Å²) >= 11 is 5.86. The molecule has 1 atom stereocenters. The number of rotatable bonds is 5. The maximum atomic E-state index is 13.6. The van der Waals surface area contributed by atoms with Gasteiger partial charge in [-0.2, -0.15) is 31.6 Å². The van der Waals surface area contributed by atoms with Crippen LogP contribution < -0.4 is 9.86 Å². The summed E-state index contributed by atoms with van der Waals surface area (Å²) in [7, 11) is -4.64. The number of fused-ring (bicyclic) bond motifs is 1. The van der Waals surface area contributed by atoms with Gasteiger partial charge in [0.1, 0.15) is 6.04 Å². The number of nitrogens with one attached hydrogen (secondary N) is 1. The monoisotopic (exact) mass is 442 g/mol. The molecule has 0 fully saturated rings. The molecule has 0 bridgehead atoms. The Balaban J connectivity index is 2.19. The summed E-state index contributed by atoms with van der Waals surface area (Å²) in [5.41, 5.74) is 1.03. The van der Waals surface area contributed by atoms with Gasteiger partial charge in [0.15, 0.2) is 0 Å². The van der Waals surface area contributed by atoms with E-state index < -0.39 is 22.4 Å². The van der Waals surface area contributed by atoms with Gasteiger partial charge >= 0.3 is 6.18 Å². The molecule has 6 nitrogen and oxygen atoms in total. The zero-order valence-electron chi connectivity index (χ0n) is 14.6. The van der Waals surface area contributed by atoms with Gasteiger partial charge in [-0.3, -0.25) is 0 Å². The van der Waals surface area contributed by atoms with Crippen molar-refractivity contribution in [3.05, 3.63) is 70.4 Å². The summed E-state index contributed by atoms with van der Waals surface area (Å²) in [6, 6.07) is 10.3. The van der Waals surface area contributed by atoms with E-state index in [1.165, 1.54) is 33.7 Å². The number of nitrogens with two attached hydrogens (primary N) is 1. The van der Waals surface area contributed by atoms with Crippen molar-refractivity contribution in [2.24, 2.45) is 5.14 Å². The highest BCUT2D eigenvalue weighted by molar-refractivity contribution is 7.87. The second-order valence-electron chi connectivity index (χ2n) is 6.32. The third-order valence-corrected chi connectivity index (χ3v) is 5.05. The van der Waals surface area contributed by atoms with Crippen molar-refractivity contribution in [1.82, 2.24) is 9.29 Å². The predicted molar refractivity (Wildman–Crippen MR) is 102 cm³/mol. The van der Waals surface area contributed by atoms with Crippen LogP contribution >= 0.6 is 11.6 Å². The van der Waals surface area contributed by atoms with Crippen LogP contribution in [0.3, 0.4) is 0 Å². The molecule has 1 unspecified atom stereocenters. The molecule has 3 aromatic rings. The van der Waals surface area contributed by atoms with E-state index in [1.54, 1.807) is 24.3 Å². The number of hydrogen-bond acceptors (Lipinski definition) is 3. The van der Waals surface area contributed by atoms with Crippen LogP contribution in [0.2, 0.25) is 5.02 Å². The lowest BCUT2D eigenvalue weighted by molar-refractivity contribution is -0.152. The molecule has 152 valence electrons. The topological polar surface area (TPSA) is 101 Å². The average molecular weight is 443 g/mol. The van der Waals surface area contributed by atoms with Gasteiger partial charge in [0, 0.05) is 34.2 Å². The van der Waals surface area contributed by atoms with E-state index in [1.807, 2.05) is 6.07 Å². The molecular weight excluding hydrogens is 429 g/mol. The number of aromatic nitrogens is 1. The summed E-state index contributed by atoms with van der Waals surface area (Å²) in [6.45, 7) is 0.183. The van der Waals surface area contributed by atoms with E-state index in [2.05, 4.69) is 0 Å². The molecule has 0 saturated heterocycles. The van der Waals surface area contributed by atoms with Crippen LogP contribution in [0.25, 0.3) is 10.9 Å². The Morgan fingerprint density at radius 3 is 2.41 bits per heavy atom. The Morgan fingerprint density at radius 2 is 1.86 bits per heavy atom. The van der Waals surface area contributed by atoms with Gasteiger partial charge in [-0.05, 0) is 29.8 Å². The van der Waals surface area contributed by atoms with E-state index >= 15 is 0 Å². The smallest absolute Gasteiger partial charge is 0.343 e. The second-order valence-corrected chi connectivity index (χ2v) is 8.08. The molecule has 0 saturated carbocycles. The minimum absolute atomic E-state index is 0.149. The fourth-order valence-electron chi connectivity index (χ4n) is 3.01. The molecule has 0 aliphatic heterocycles.